The molecule has 6 nitrogen and oxygen atoms in total. The number of aromatic nitrogens is 2. The van der Waals surface area contributed by atoms with Crippen molar-refractivity contribution in [1.82, 2.24) is 9.78 Å². The summed E-state index contributed by atoms with van der Waals surface area (Å²) in [5.74, 6) is 0. The molecule has 0 aliphatic rings. The average Bonchev–Trinajstić information content (AvgIpc) is 3.02. The summed E-state index contributed by atoms with van der Waals surface area (Å²) >= 11 is 0. The molecule has 0 saturated heterocycles. The minimum Gasteiger partial charge on any atom is -0.398 e. The molecule has 3 rings (SSSR count). The van der Waals surface area contributed by atoms with E-state index in [-0.39, 0.29) is 16.3 Å². The van der Waals surface area contributed by atoms with Crippen molar-refractivity contribution in [3.05, 3.63) is 59.8 Å². The van der Waals surface area contributed by atoms with Crippen LogP contribution in [0.5, 0.6) is 0 Å². The Kier molecular flexibility index (Phi) is 4.48. The van der Waals surface area contributed by atoms with Crippen molar-refractivity contribution >= 4 is 15.7 Å². The van der Waals surface area contributed by atoms with Gasteiger partial charge in [-0.05, 0) is 36.8 Å². The molecule has 0 aliphatic heterocycles. The highest BCUT2D eigenvalue weighted by atomic mass is 32.2. The van der Waals surface area contributed by atoms with E-state index in [2.05, 4.69) is 5.10 Å². The van der Waals surface area contributed by atoms with Crippen molar-refractivity contribution in [1.29, 1.82) is 0 Å². The molecule has 142 valence electrons. The maximum Gasteiger partial charge on any atom is 0.435 e. The van der Waals surface area contributed by atoms with Crippen molar-refractivity contribution in [3.63, 3.8) is 0 Å². The summed E-state index contributed by atoms with van der Waals surface area (Å²) in [6.45, 7) is 1.76. The zero-order chi connectivity index (χ0) is 20.0. The predicted octanol–water partition coefficient (Wildman–Crippen LogP) is 3.10. The molecule has 1 aromatic heterocycles. The SMILES string of the molecule is Cc1ccc(-c2cc(C(F)(F)F)nn2-c2ccccc2S(N)(=O)=O)cc1N. The number of sulfonamides is 1. The first kappa shape index (κ1) is 18.9. The number of para-hydroxylation sites is 1. The minimum atomic E-state index is -4.72. The summed E-state index contributed by atoms with van der Waals surface area (Å²) in [4.78, 5) is -0.344. The average molecular weight is 396 g/mol. The van der Waals surface area contributed by atoms with Crippen LogP contribution >= 0.6 is 0 Å². The van der Waals surface area contributed by atoms with Gasteiger partial charge < -0.3 is 5.73 Å². The molecule has 0 atom stereocenters. The Labute approximate surface area is 153 Å². The van der Waals surface area contributed by atoms with E-state index < -0.39 is 21.9 Å². The number of nitrogens with two attached hydrogens (primary N) is 2. The number of aryl methyl sites for hydroxylation is 1. The standard InChI is InChI=1S/C17H15F3N4O2S/c1-10-6-7-11(8-12(10)21)14-9-16(17(18,19)20)23-24(14)13-4-2-3-5-15(13)27(22,25)26/h2-9H,21H2,1H3,(H2,22,25,26). The van der Waals surface area contributed by atoms with Gasteiger partial charge in [-0.15, -0.1) is 0 Å². The Morgan fingerprint density at radius 3 is 2.33 bits per heavy atom. The van der Waals surface area contributed by atoms with Gasteiger partial charge in [0.25, 0.3) is 0 Å². The summed E-state index contributed by atoms with van der Waals surface area (Å²) in [6.07, 6.45) is -4.72. The van der Waals surface area contributed by atoms with Crippen molar-refractivity contribution in [2.75, 3.05) is 5.73 Å². The summed E-state index contributed by atoms with van der Waals surface area (Å²) in [5.41, 5.74) is 6.13. The fraction of sp³-hybridized carbons (Fsp3) is 0.118. The maximum atomic E-state index is 13.2. The lowest BCUT2D eigenvalue weighted by atomic mass is 10.1. The number of benzene rings is 2. The molecule has 0 spiro atoms. The van der Waals surface area contributed by atoms with Crippen LogP contribution < -0.4 is 10.9 Å². The van der Waals surface area contributed by atoms with Crippen molar-refractivity contribution < 1.29 is 21.6 Å². The van der Waals surface area contributed by atoms with E-state index >= 15 is 0 Å². The number of anilines is 1. The normalized spacial score (nSPS) is 12.3. The van der Waals surface area contributed by atoms with E-state index in [4.69, 9.17) is 10.9 Å². The highest BCUT2D eigenvalue weighted by Crippen LogP contribution is 2.35. The van der Waals surface area contributed by atoms with Crippen molar-refractivity contribution in [2.24, 2.45) is 5.14 Å². The highest BCUT2D eigenvalue weighted by molar-refractivity contribution is 7.89. The monoisotopic (exact) mass is 396 g/mol. The summed E-state index contributed by atoms with van der Waals surface area (Å²) in [5, 5.41) is 8.79. The van der Waals surface area contributed by atoms with Crippen LogP contribution in [0.25, 0.3) is 16.9 Å². The first-order chi connectivity index (χ1) is 12.5. The molecule has 10 heteroatoms. The van der Waals surface area contributed by atoms with E-state index in [0.29, 0.717) is 11.3 Å². The number of nitrogen functional groups attached to an aromatic ring is 1. The first-order valence-corrected chi connectivity index (χ1v) is 9.19. The first-order valence-electron chi connectivity index (χ1n) is 7.64. The molecule has 0 aliphatic carbocycles. The Morgan fingerprint density at radius 2 is 1.74 bits per heavy atom. The Morgan fingerprint density at radius 1 is 1.07 bits per heavy atom. The molecular formula is C17H15F3N4O2S. The molecule has 27 heavy (non-hydrogen) atoms. The fourth-order valence-corrected chi connectivity index (χ4v) is 3.30. The van der Waals surface area contributed by atoms with Crippen molar-refractivity contribution in [3.8, 4) is 16.9 Å². The quantitative estimate of drug-likeness (QED) is 0.664. The zero-order valence-electron chi connectivity index (χ0n) is 14.0. The molecule has 0 fully saturated rings. The zero-order valence-corrected chi connectivity index (χ0v) is 14.8. The van der Waals surface area contributed by atoms with E-state index in [1.807, 2.05) is 0 Å². The fourth-order valence-electron chi connectivity index (χ4n) is 2.58. The van der Waals surface area contributed by atoms with Gasteiger partial charge in [-0.25, -0.2) is 18.2 Å². The maximum absolute atomic E-state index is 13.2. The number of hydrogen-bond acceptors (Lipinski definition) is 4. The van der Waals surface area contributed by atoms with E-state index in [0.717, 1.165) is 16.3 Å². The number of nitrogens with zero attached hydrogens (tertiary/aromatic N) is 2. The third-order valence-corrected chi connectivity index (χ3v) is 4.93. The molecule has 1 heterocycles. The molecular weight excluding hydrogens is 381 g/mol. The van der Waals surface area contributed by atoms with Gasteiger partial charge in [-0.1, -0.05) is 24.3 Å². The van der Waals surface area contributed by atoms with Gasteiger partial charge in [0.1, 0.15) is 4.90 Å². The van der Waals surface area contributed by atoms with Gasteiger partial charge in [0.05, 0.1) is 11.4 Å². The molecule has 0 amide bonds. The molecule has 3 aromatic rings. The largest absolute Gasteiger partial charge is 0.435 e. The number of rotatable bonds is 3. The number of alkyl halides is 3. The van der Waals surface area contributed by atoms with Crippen LogP contribution in [0.4, 0.5) is 18.9 Å². The van der Waals surface area contributed by atoms with Gasteiger partial charge in [-0.2, -0.15) is 18.3 Å². The Balaban J connectivity index is 2.34. The third-order valence-electron chi connectivity index (χ3n) is 3.97. The van der Waals surface area contributed by atoms with Crippen LogP contribution in [0.1, 0.15) is 11.3 Å². The topological polar surface area (TPSA) is 104 Å². The van der Waals surface area contributed by atoms with Gasteiger partial charge in [-0.3, -0.25) is 0 Å². The number of halogens is 3. The molecule has 4 N–H and O–H groups in total. The molecule has 0 radical (unpaired) electrons. The Bertz CT molecular complexity index is 1120. The lowest BCUT2D eigenvalue weighted by Gasteiger charge is -2.12. The second-order valence-electron chi connectivity index (χ2n) is 5.91. The smallest absolute Gasteiger partial charge is 0.398 e. The Hall–Kier alpha value is -2.85. The van der Waals surface area contributed by atoms with Crippen LogP contribution in [-0.2, 0) is 16.2 Å². The molecule has 0 bridgehead atoms. The second-order valence-corrected chi connectivity index (χ2v) is 7.44. The predicted molar refractivity (Wildman–Crippen MR) is 94.5 cm³/mol. The summed E-state index contributed by atoms with van der Waals surface area (Å²) in [6, 6.07) is 11.0. The van der Waals surface area contributed by atoms with Crippen molar-refractivity contribution in [2.45, 2.75) is 18.0 Å². The van der Waals surface area contributed by atoms with Crippen LogP contribution in [-0.4, -0.2) is 18.2 Å². The van der Waals surface area contributed by atoms with Gasteiger partial charge in [0.2, 0.25) is 10.0 Å². The van der Waals surface area contributed by atoms with E-state index in [1.54, 1.807) is 19.1 Å². The van der Waals surface area contributed by atoms with Gasteiger partial charge in [0.15, 0.2) is 5.69 Å². The van der Waals surface area contributed by atoms with Gasteiger partial charge in [0, 0.05) is 11.3 Å². The lowest BCUT2D eigenvalue weighted by Crippen LogP contribution is -2.16. The number of primary sulfonamides is 1. The highest BCUT2D eigenvalue weighted by Gasteiger charge is 2.35. The molecule has 2 aromatic carbocycles. The lowest BCUT2D eigenvalue weighted by molar-refractivity contribution is -0.141. The third kappa shape index (κ3) is 3.67. The van der Waals surface area contributed by atoms with Crippen LogP contribution in [0.15, 0.2) is 53.4 Å². The van der Waals surface area contributed by atoms with Crippen LogP contribution in [0, 0.1) is 6.92 Å². The summed E-state index contributed by atoms with van der Waals surface area (Å²) < 4.78 is 64.4. The van der Waals surface area contributed by atoms with E-state index in [9.17, 15) is 21.6 Å². The van der Waals surface area contributed by atoms with Crippen LogP contribution in [0.2, 0.25) is 0 Å². The van der Waals surface area contributed by atoms with Crippen LogP contribution in [0.3, 0.4) is 0 Å². The minimum absolute atomic E-state index is 0.0325. The molecule has 0 unspecified atom stereocenters. The second kappa shape index (κ2) is 6.39. The number of hydrogen-bond donors (Lipinski definition) is 2. The summed E-state index contributed by atoms with van der Waals surface area (Å²) in [7, 11) is -4.19. The molecule has 0 saturated carbocycles. The van der Waals surface area contributed by atoms with Gasteiger partial charge >= 0.3 is 6.18 Å². The van der Waals surface area contributed by atoms with E-state index in [1.165, 1.54) is 30.3 Å².